The van der Waals surface area contributed by atoms with Gasteiger partial charge in [0.15, 0.2) is 10.3 Å². The van der Waals surface area contributed by atoms with Gasteiger partial charge in [0.2, 0.25) is 5.91 Å². The van der Waals surface area contributed by atoms with Gasteiger partial charge in [-0.05, 0) is 50.6 Å². The number of aryl methyl sites for hydroxylation is 2. The summed E-state index contributed by atoms with van der Waals surface area (Å²) in [6.45, 7) is 5.99. The molecule has 160 valence electrons. The highest BCUT2D eigenvalue weighted by Crippen LogP contribution is 2.29. The zero-order valence-corrected chi connectivity index (χ0v) is 20.2. The molecule has 9 heteroatoms. The molecular weight excluding hydrogens is 446 g/mol. The number of amides is 1. The average Bonchev–Trinajstić information content (AvgIpc) is 3.30. The summed E-state index contributed by atoms with van der Waals surface area (Å²) in [5.41, 5.74) is 3.32. The molecule has 1 N–H and O–H groups in total. The molecule has 0 aliphatic heterocycles. The van der Waals surface area contributed by atoms with Gasteiger partial charge in [0.1, 0.15) is 5.82 Å². The number of carbonyl (C=O) groups excluding carboxylic acids is 1. The zero-order chi connectivity index (χ0) is 22.0. The van der Waals surface area contributed by atoms with Crippen molar-refractivity contribution >= 4 is 56.1 Å². The highest BCUT2D eigenvalue weighted by atomic mass is 32.2. The summed E-state index contributed by atoms with van der Waals surface area (Å²) in [5, 5.41) is 12.5. The molecule has 31 heavy (non-hydrogen) atoms. The number of benzene rings is 2. The lowest BCUT2D eigenvalue weighted by Crippen LogP contribution is -2.22. The summed E-state index contributed by atoms with van der Waals surface area (Å²) >= 11 is 4.60. The summed E-state index contributed by atoms with van der Waals surface area (Å²) in [5.74, 6) is 1.50. The predicted octanol–water partition coefficient (Wildman–Crippen LogP) is 5.45. The molecule has 6 nitrogen and oxygen atoms in total. The molecule has 1 unspecified atom stereocenters. The highest BCUT2D eigenvalue weighted by molar-refractivity contribution is 8.00. The number of nitrogens with one attached hydrogen (secondary N) is 1. The Bertz CT molecular complexity index is 1220. The van der Waals surface area contributed by atoms with Crippen LogP contribution in [0.1, 0.15) is 23.9 Å². The fraction of sp³-hybridized carbons (Fsp3) is 0.273. The van der Waals surface area contributed by atoms with Gasteiger partial charge in [0.05, 0.1) is 21.2 Å². The van der Waals surface area contributed by atoms with Crippen LogP contribution in [0.25, 0.3) is 10.2 Å². The SMILES string of the molecule is Cc1ccc(SCc2nnc(SC(C)C(=O)Nc3nc4ccc(C)cc4s3)n2C)cc1. The summed E-state index contributed by atoms with van der Waals surface area (Å²) in [6.07, 6.45) is 0. The first-order valence-corrected chi connectivity index (χ1v) is 12.5. The minimum atomic E-state index is -0.325. The third-order valence-corrected chi connectivity index (χ3v) is 7.82. The number of nitrogens with zero attached hydrogens (tertiary/aromatic N) is 4. The van der Waals surface area contributed by atoms with E-state index < -0.39 is 0 Å². The monoisotopic (exact) mass is 469 g/mol. The molecule has 1 amide bonds. The maximum absolute atomic E-state index is 12.7. The van der Waals surface area contributed by atoms with Crippen LogP contribution in [-0.2, 0) is 17.6 Å². The lowest BCUT2D eigenvalue weighted by molar-refractivity contribution is -0.115. The molecule has 0 radical (unpaired) electrons. The van der Waals surface area contributed by atoms with Gasteiger partial charge in [-0.3, -0.25) is 4.79 Å². The quantitative estimate of drug-likeness (QED) is 0.363. The van der Waals surface area contributed by atoms with Crippen molar-refractivity contribution < 1.29 is 4.79 Å². The van der Waals surface area contributed by atoms with Crippen molar-refractivity contribution in [2.24, 2.45) is 7.05 Å². The Morgan fingerprint density at radius 3 is 2.65 bits per heavy atom. The number of carbonyl (C=O) groups is 1. The molecular formula is C22H23N5OS3. The molecule has 0 fully saturated rings. The fourth-order valence-corrected chi connectivity index (χ4v) is 5.54. The van der Waals surface area contributed by atoms with Crippen LogP contribution < -0.4 is 5.32 Å². The van der Waals surface area contributed by atoms with Gasteiger partial charge >= 0.3 is 0 Å². The standard InChI is InChI=1S/C22H23N5OS3/c1-13-5-8-16(9-6-13)29-12-19-25-26-22(27(19)4)30-15(3)20(28)24-21-23-17-10-7-14(2)11-18(17)31-21/h5-11,15H,12H2,1-4H3,(H,23,24,28). The molecule has 0 saturated heterocycles. The van der Waals surface area contributed by atoms with E-state index in [4.69, 9.17) is 0 Å². The molecule has 4 rings (SSSR count). The van der Waals surface area contributed by atoms with Gasteiger partial charge in [0, 0.05) is 11.9 Å². The van der Waals surface area contributed by atoms with Crippen molar-refractivity contribution in [2.75, 3.05) is 5.32 Å². The number of fused-ring (bicyclic) bond motifs is 1. The second kappa shape index (κ2) is 9.42. The molecule has 0 aliphatic rings. The lowest BCUT2D eigenvalue weighted by Gasteiger charge is -2.10. The minimum absolute atomic E-state index is 0.0978. The van der Waals surface area contributed by atoms with Crippen LogP contribution in [0.15, 0.2) is 52.5 Å². The van der Waals surface area contributed by atoms with Crippen LogP contribution in [0.3, 0.4) is 0 Å². The molecule has 0 bridgehead atoms. The summed E-state index contributed by atoms with van der Waals surface area (Å²) in [6, 6.07) is 14.5. The van der Waals surface area contributed by atoms with E-state index in [1.807, 2.05) is 37.6 Å². The van der Waals surface area contributed by atoms with Crippen molar-refractivity contribution in [1.82, 2.24) is 19.7 Å². The number of rotatable bonds is 7. The minimum Gasteiger partial charge on any atom is -0.308 e. The molecule has 0 aliphatic carbocycles. The van der Waals surface area contributed by atoms with Gasteiger partial charge < -0.3 is 9.88 Å². The van der Waals surface area contributed by atoms with Crippen LogP contribution in [0.4, 0.5) is 5.13 Å². The Kier molecular flexibility index (Phi) is 6.64. The van der Waals surface area contributed by atoms with Gasteiger partial charge in [-0.15, -0.1) is 22.0 Å². The van der Waals surface area contributed by atoms with Crippen LogP contribution >= 0.6 is 34.9 Å². The molecule has 2 heterocycles. The third kappa shape index (κ3) is 5.28. The van der Waals surface area contributed by atoms with E-state index in [-0.39, 0.29) is 11.2 Å². The van der Waals surface area contributed by atoms with E-state index in [1.54, 1.807) is 11.8 Å². The van der Waals surface area contributed by atoms with Crippen LogP contribution in [-0.4, -0.2) is 30.9 Å². The Labute approximate surface area is 193 Å². The summed E-state index contributed by atoms with van der Waals surface area (Å²) < 4.78 is 3.02. The van der Waals surface area contributed by atoms with E-state index >= 15 is 0 Å². The van der Waals surface area contributed by atoms with Crippen molar-refractivity contribution in [3.63, 3.8) is 0 Å². The van der Waals surface area contributed by atoms with E-state index in [0.717, 1.165) is 27.0 Å². The van der Waals surface area contributed by atoms with Crippen molar-refractivity contribution in [1.29, 1.82) is 0 Å². The normalized spacial score (nSPS) is 12.3. The first-order chi connectivity index (χ1) is 14.9. The smallest absolute Gasteiger partial charge is 0.239 e. The van der Waals surface area contributed by atoms with Crippen LogP contribution in [0, 0.1) is 13.8 Å². The van der Waals surface area contributed by atoms with E-state index in [9.17, 15) is 4.79 Å². The largest absolute Gasteiger partial charge is 0.308 e. The Hall–Kier alpha value is -2.36. The van der Waals surface area contributed by atoms with E-state index in [2.05, 4.69) is 57.8 Å². The Morgan fingerprint density at radius 2 is 1.87 bits per heavy atom. The number of thioether (sulfide) groups is 2. The van der Waals surface area contributed by atoms with E-state index in [1.165, 1.54) is 39.1 Å². The number of thiazole rings is 1. The summed E-state index contributed by atoms with van der Waals surface area (Å²) in [7, 11) is 1.94. The first kappa shape index (κ1) is 21.9. The van der Waals surface area contributed by atoms with Crippen LogP contribution in [0.5, 0.6) is 0 Å². The van der Waals surface area contributed by atoms with Gasteiger partial charge in [-0.25, -0.2) is 4.98 Å². The van der Waals surface area contributed by atoms with Crippen molar-refractivity contribution in [3.8, 4) is 0 Å². The molecule has 1 atom stereocenters. The lowest BCUT2D eigenvalue weighted by atomic mass is 10.2. The maximum atomic E-state index is 12.7. The second-order valence-electron chi connectivity index (χ2n) is 7.30. The van der Waals surface area contributed by atoms with Gasteiger partial charge in [0.25, 0.3) is 0 Å². The van der Waals surface area contributed by atoms with Gasteiger partial charge in [-0.2, -0.15) is 0 Å². The first-order valence-electron chi connectivity index (χ1n) is 9.81. The molecule has 2 aromatic heterocycles. The Balaban J connectivity index is 1.36. The third-order valence-electron chi connectivity index (χ3n) is 4.74. The molecule has 0 saturated carbocycles. The zero-order valence-electron chi connectivity index (χ0n) is 17.7. The van der Waals surface area contributed by atoms with Crippen LogP contribution in [0.2, 0.25) is 0 Å². The van der Waals surface area contributed by atoms with Crippen molar-refractivity contribution in [2.45, 2.75) is 41.8 Å². The number of hydrogen-bond donors (Lipinski definition) is 1. The Morgan fingerprint density at radius 1 is 1.13 bits per heavy atom. The molecule has 0 spiro atoms. The summed E-state index contributed by atoms with van der Waals surface area (Å²) in [4.78, 5) is 18.4. The van der Waals surface area contributed by atoms with Gasteiger partial charge in [-0.1, -0.05) is 46.9 Å². The maximum Gasteiger partial charge on any atom is 0.239 e. The average molecular weight is 470 g/mol. The number of anilines is 1. The topological polar surface area (TPSA) is 72.7 Å². The second-order valence-corrected chi connectivity index (χ2v) is 10.7. The fourth-order valence-electron chi connectivity index (χ4n) is 2.86. The highest BCUT2D eigenvalue weighted by Gasteiger charge is 2.20. The molecule has 2 aromatic carbocycles. The number of aromatic nitrogens is 4. The molecule has 4 aromatic rings. The predicted molar refractivity (Wildman–Crippen MR) is 130 cm³/mol. The number of hydrogen-bond acceptors (Lipinski definition) is 7. The van der Waals surface area contributed by atoms with E-state index in [0.29, 0.717) is 5.13 Å². The van der Waals surface area contributed by atoms with Crippen molar-refractivity contribution in [3.05, 3.63) is 59.4 Å².